The molecule has 0 bridgehead atoms. The number of rotatable bonds is 5. The molecule has 0 radical (unpaired) electrons. The summed E-state index contributed by atoms with van der Waals surface area (Å²) < 4.78 is 12.4. The zero-order valence-electron chi connectivity index (χ0n) is 12.0. The van der Waals surface area contributed by atoms with Crippen LogP contribution in [-0.2, 0) is 6.54 Å². The highest BCUT2D eigenvalue weighted by molar-refractivity contribution is 5.46. The molecule has 108 valence electrons. The van der Waals surface area contributed by atoms with Gasteiger partial charge < -0.3 is 14.0 Å². The molecule has 0 N–H and O–H groups in total. The molecule has 0 saturated heterocycles. The van der Waals surface area contributed by atoms with E-state index in [1.165, 1.54) is 7.11 Å². The van der Waals surface area contributed by atoms with Gasteiger partial charge in [0.25, 0.3) is 5.56 Å². The Morgan fingerprint density at radius 1 is 1.29 bits per heavy atom. The molecular weight excluding hydrogens is 268 g/mol. The number of hydrogen-bond donors (Lipinski definition) is 0. The minimum absolute atomic E-state index is 0.0205. The Kier molecular flexibility index (Phi) is 4.62. The molecule has 0 aliphatic rings. The summed E-state index contributed by atoms with van der Waals surface area (Å²) in [6.45, 7) is 2.57. The number of ether oxygens (including phenoxy) is 2. The Morgan fingerprint density at radius 2 is 2.10 bits per heavy atom. The summed E-state index contributed by atoms with van der Waals surface area (Å²) in [6.07, 6.45) is 1.73. The predicted octanol–water partition coefficient (Wildman–Crippen LogP) is 2.12. The maximum absolute atomic E-state index is 11.9. The van der Waals surface area contributed by atoms with E-state index >= 15 is 0 Å². The Labute approximate surface area is 123 Å². The highest BCUT2D eigenvalue weighted by Crippen LogP contribution is 2.27. The zero-order valence-corrected chi connectivity index (χ0v) is 12.0. The molecule has 1 aromatic carbocycles. The van der Waals surface area contributed by atoms with Crippen LogP contribution in [0.5, 0.6) is 11.5 Å². The van der Waals surface area contributed by atoms with Gasteiger partial charge in [0.05, 0.1) is 25.3 Å². The van der Waals surface area contributed by atoms with Crippen molar-refractivity contribution < 1.29 is 9.47 Å². The van der Waals surface area contributed by atoms with E-state index in [1.807, 2.05) is 12.1 Å². The van der Waals surface area contributed by atoms with E-state index in [0.29, 0.717) is 35.8 Å². The summed E-state index contributed by atoms with van der Waals surface area (Å²) >= 11 is 0. The first-order valence-electron chi connectivity index (χ1n) is 6.52. The van der Waals surface area contributed by atoms with Crippen LogP contribution in [0.15, 0.2) is 41.3 Å². The quantitative estimate of drug-likeness (QED) is 0.843. The average molecular weight is 284 g/mol. The molecule has 0 spiro atoms. The molecule has 1 heterocycles. The Hall–Kier alpha value is -2.74. The molecule has 5 nitrogen and oxygen atoms in total. The van der Waals surface area contributed by atoms with Crippen LogP contribution in [-0.4, -0.2) is 18.3 Å². The number of pyridine rings is 1. The first-order valence-corrected chi connectivity index (χ1v) is 6.52. The summed E-state index contributed by atoms with van der Waals surface area (Å²) in [6, 6.07) is 10.6. The molecule has 0 saturated carbocycles. The van der Waals surface area contributed by atoms with Gasteiger partial charge in [0, 0.05) is 17.8 Å². The number of methoxy groups -OCH3 is 1. The van der Waals surface area contributed by atoms with Crippen LogP contribution < -0.4 is 15.0 Å². The van der Waals surface area contributed by atoms with Gasteiger partial charge in [0.2, 0.25) is 0 Å². The summed E-state index contributed by atoms with van der Waals surface area (Å²) in [7, 11) is 1.52. The Bertz CT molecular complexity index is 729. The van der Waals surface area contributed by atoms with Gasteiger partial charge in [0.1, 0.15) is 6.61 Å². The zero-order chi connectivity index (χ0) is 15.2. The summed E-state index contributed by atoms with van der Waals surface area (Å²) in [5.41, 5.74) is 1.19. The van der Waals surface area contributed by atoms with Crippen molar-refractivity contribution in [1.29, 1.82) is 5.26 Å². The summed E-state index contributed by atoms with van der Waals surface area (Å²) in [5, 5.41) is 8.85. The topological polar surface area (TPSA) is 64.2 Å². The van der Waals surface area contributed by atoms with Crippen molar-refractivity contribution in [3.63, 3.8) is 0 Å². The second-order valence-corrected chi connectivity index (χ2v) is 4.52. The fourth-order valence-electron chi connectivity index (χ4n) is 1.94. The first kappa shape index (κ1) is 14.7. The summed E-state index contributed by atoms with van der Waals surface area (Å²) in [4.78, 5) is 11.9. The molecule has 1 aromatic heterocycles. The number of nitrogens with zero attached hydrogens (tertiary/aromatic N) is 2. The molecule has 5 heteroatoms. The molecular formula is C16H16N2O3. The van der Waals surface area contributed by atoms with Gasteiger partial charge in [-0.2, -0.15) is 5.26 Å². The van der Waals surface area contributed by atoms with Crippen molar-refractivity contribution in [2.45, 2.75) is 13.5 Å². The third-order valence-electron chi connectivity index (χ3n) is 3.09. The van der Waals surface area contributed by atoms with E-state index in [-0.39, 0.29) is 5.56 Å². The van der Waals surface area contributed by atoms with E-state index in [4.69, 9.17) is 14.7 Å². The number of aryl methyl sites for hydroxylation is 1. The molecule has 0 aliphatic carbocycles. The third kappa shape index (κ3) is 3.42. The third-order valence-corrected chi connectivity index (χ3v) is 3.09. The van der Waals surface area contributed by atoms with Crippen LogP contribution in [0.2, 0.25) is 0 Å². The van der Waals surface area contributed by atoms with Gasteiger partial charge in [-0.1, -0.05) is 6.07 Å². The second kappa shape index (κ2) is 6.62. The normalized spacial score (nSPS) is 9.95. The highest BCUT2D eigenvalue weighted by atomic mass is 16.5. The van der Waals surface area contributed by atoms with Crippen LogP contribution in [0.3, 0.4) is 0 Å². The Morgan fingerprint density at radius 3 is 2.81 bits per heavy atom. The molecule has 0 amide bonds. The molecule has 2 rings (SSSR count). The van der Waals surface area contributed by atoms with Crippen molar-refractivity contribution in [3.05, 3.63) is 58.0 Å². The fraction of sp³-hybridized carbons (Fsp3) is 0.250. The van der Waals surface area contributed by atoms with Crippen LogP contribution >= 0.6 is 0 Å². The number of hydrogen-bond acceptors (Lipinski definition) is 4. The standard InChI is InChI=1S/C16H16N2O3/c1-12-4-3-7-18(16(12)19)8-9-21-14-6-5-13(11-17)10-15(14)20-2/h3-7,10H,8-9H2,1-2H3. The molecule has 0 atom stereocenters. The monoisotopic (exact) mass is 284 g/mol. The maximum Gasteiger partial charge on any atom is 0.253 e. The van der Waals surface area contributed by atoms with Crippen LogP contribution in [0.1, 0.15) is 11.1 Å². The molecule has 2 aromatic rings. The SMILES string of the molecule is COc1cc(C#N)ccc1OCCn1cccc(C)c1=O. The van der Waals surface area contributed by atoms with E-state index in [1.54, 1.807) is 42.0 Å². The van der Waals surface area contributed by atoms with E-state index < -0.39 is 0 Å². The first-order chi connectivity index (χ1) is 10.2. The largest absolute Gasteiger partial charge is 0.493 e. The number of nitriles is 1. The predicted molar refractivity (Wildman–Crippen MR) is 78.6 cm³/mol. The smallest absolute Gasteiger partial charge is 0.253 e. The van der Waals surface area contributed by atoms with Crippen molar-refractivity contribution in [3.8, 4) is 17.6 Å². The molecule has 0 aliphatic heterocycles. The van der Waals surface area contributed by atoms with Gasteiger partial charge in [-0.3, -0.25) is 4.79 Å². The van der Waals surface area contributed by atoms with Crippen molar-refractivity contribution in [2.75, 3.05) is 13.7 Å². The lowest BCUT2D eigenvalue weighted by Crippen LogP contribution is -2.24. The number of aromatic nitrogens is 1. The lowest BCUT2D eigenvalue weighted by Gasteiger charge is -2.12. The minimum Gasteiger partial charge on any atom is -0.493 e. The molecule has 0 fully saturated rings. The maximum atomic E-state index is 11.9. The van der Waals surface area contributed by atoms with Crippen molar-refractivity contribution in [1.82, 2.24) is 4.57 Å². The van der Waals surface area contributed by atoms with Gasteiger partial charge >= 0.3 is 0 Å². The van der Waals surface area contributed by atoms with Crippen LogP contribution in [0, 0.1) is 18.3 Å². The lowest BCUT2D eigenvalue weighted by atomic mass is 10.2. The van der Waals surface area contributed by atoms with Crippen molar-refractivity contribution >= 4 is 0 Å². The molecule has 0 unspecified atom stereocenters. The highest BCUT2D eigenvalue weighted by Gasteiger charge is 2.06. The lowest BCUT2D eigenvalue weighted by molar-refractivity contribution is 0.278. The van der Waals surface area contributed by atoms with Crippen molar-refractivity contribution in [2.24, 2.45) is 0 Å². The summed E-state index contributed by atoms with van der Waals surface area (Å²) in [5.74, 6) is 1.06. The Balaban J connectivity index is 2.05. The minimum atomic E-state index is -0.0205. The van der Waals surface area contributed by atoms with Gasteiger partial charge in [-0.25, -0.2) is 0 Å². The van der Waals surface area contributed by atoms with Crippen LogP contribution in [0.25, 0.3) is 0 Å². The van der Waals surface area contributed by atoms with Crippen LogP contribution in [0.4, 0.5) is 0 Å². The fourth-order valence-corrected chi connectivity index (χ4v) is 1.94. The van der Waals surface area contributed by atoms with E-state index in [0.717, 1.165) is 0 Å². The molecule has 21 heavy (non-hydrogen) atoms. The van der Waals surface area contributed by atoms with Gasteiger partial charge in [0.15, 0.2) is 11.5 Å². The number of benzene rings is 1. The van der Waals surface area contributed by atoms with E-state index in [2.05, 4.69) is 0 Å². The van der Waals surface area contributed by atoms with E-state index in [9.17, 15) is 4.79 Å². The van der Waals surface area contributed by atoms with Gasteiger partial charge in [-0.05, 0) is 25.1 Å². The second-order valence-electron chi connectivity index (χ2n) is 4.52. The average Bonchev–Trinajstić information content (AvgIpc) is 2.51. The van der Waals surface area contributed by atoms with Gasteiger partial charge in [-0.15, -0.1) is 0 Å².